The van der Waals surface area contributed by atoms with Crippen LogP contribution in [-0.2, 0) is 6.67 Å². The molecule has 1 aromatic heterocycles. The van der Waals surface area contributed by atoms with E-state index in [2.05, 4.69) is 19.7 Å². The van der Waals surface area contributed by atoms with Crippen LogP contribution in [0.25, 0.3) is 11.4 Å². The van der Waals surface area contributed by atoms with Crippen LogP contribution in [0.3, 0.4) is 0 Å². The fourth-order valence-electron chi connectivity index (χ4n) is 2.49. The first-order valence-corrected chi connectivity index (χ1v) is 8.77. The first-order valence-electron chi connectivity index (χ1n) is 7.03. The molecular weight excluding hydrogens is 351 g/mol. The highest BCUT2D eigenvalue weighted by Gasteiger charge is 2.22. The van der Waals surface area contributed by atoms with Crippen molar-refractivity contribution in [1.29, 1.82) is 0 Å². The summed E-state index contributed by atoms with van der Waals surface area (Å²) in [6.45, 7) is 0.703. The van der Waals surface area contributed by atoms with Crippen molar-refractivity contribution in [2.24, 2.45) is 0 Å². The lowest BCUT2D eigenvalue weighted by atomic mass is 10.2. The number of fused-ring (bicyclic) bond motifs is 1. The summed E-state index contributed by atoms with van der Waals surface area (Å²) >= 11 is 13.6. The summed E-state index contributed by atoms with van der Waals surface area (Å²) in [5.41, 5.74) is 2.13. The van der Waals surface area contributed by atoms with E-state index in [4.69, 9.17) is 23.2 Å². The topological polar surface area (TPSA) is 34.0 Å². The van der Waals surface area contributed by atoms with E-state index in [1.54, 1.807) is 11.8 Å². The van der Waals surface area contributed by atoms with Gasteiger partial charge in [-0.2, -0.15) is 0 Å². The summed E-state index contributed by atoms with van der Waals surface area (Å²) in [4.78, 5) is 2.26. The molecule has 0 saturated carbocycles. The van der Waals surface area contributed by atoms with E-state index in [1.807, 2.05) is 48.5 Å². The maximum absolute atomic E-state index is 5.97. The third kappa shape index (κ3) is 2.92. The minimum atomic E-state index is 0.703. The second-order valence-corrected chi connectivity index (χ2v) is 6.96. The molecule has 23 heavy (non-hydrogen) atoms. The van der Waals surface area contributed by atoms with E-state index in [9.17, 15) is 0 Å². The summed E-state index contributed by atoms with van der Waals surface area (Å²) in [6, 6.07) is 15.5. The van der Waals surface area contributed by atoms with Gasteiger partial charge < -0.3 is 4.90 Å². The fourth-order valence-corrected chi connectivity index (χ4v) is 3.64. The van der Waals surface area contributed by atoms with Gasteiger partial charge >= 0.3 is 0 Å². The lowest BCUT2D eigenvalue weighted by Gasteiger charge is -2.29. The van der Waals surface area contributed by atoms with Gasteiger partial charge in [0, 0.05) is 21.3 Å². The molecule has 0 aliphatic carbocycles. The summed E-state index contributed by atoms with van der Waals surface area (Å²) in [5, 5.41) is 11.0. The number of halogens is 2. The lowest BCUT2D eigenvalue weighted by molar-refractivity contribution is 0.608. The first-order chi connectivity index (χ1) is 11.2. The molecule has 0 bridgehead atoms. The zero-order valence-corrected chi connectivity index (χ0v) is 14.3. The third-order valence-electron chi connectivity index (χ3n) is 3.67. The molecule has 4 nitrogen and oxygen atoms in total. The summed E-state index contributed by atoms with van der Waals surface area (Å²) < 4.78 is 2.12. The Morgan fingerprint density at radius 3 is 2.22 bits per heavy atom. The zero-order chi connectivity index (χ0) is 15.8. The molecule has 1 aliphatic rings. The maximum Gasteiger partial charge on any atom is 0.194 e. The average Bonchev–Trinajstić information content (AvgIpc) is 2.99. The van der Waals surface area contributed by atoms with Crippen molar-refractivity contribution in [1.82, 2.24) is 14.8 Å². The molecule has 0 fully saturated rings. The Balaban J connectivity index is 1.67. The molecule has 1 aliphatic heterocycles. The first kappa shape index (κ1) is 14.9. The maximum atomic E-state index is 5.97. The van der Waals surface area contributed by atoms with E-state index in [-0.39, 0.29) is 0 Å². The standard InChI is InChI=1S/C16H12Cl2N4S/c17-12-3-1-11(2-4-12)15-19-20-16-22(15)9-21(10-23-16)14-7-5-13(18)6-8-14/h1-8H,9-10H2. The van der Waals surface area contributed by atoms with Crippen LogP contribution in [0.1, 0.15) is 0 Å². The van der Waals surface area contributed by atoms with Gasteiger partial charge in [-0.3, -0.25) is 4.57 Å². The van der Waals surface area contributed by atoms with Crippen molar-refractivity contribution in [2.45, 2.75) is 11.8 Å². The number of thioether (sulfide) groups is 1. The number of aromatic nitrogens is 3. The van der Waals surface area contributed by atoms with Crippen molar-refractivity contribution in [2.75, 3.05) is 10.8 Å². The molecular formula is C16H12Cl2N4S. The van der Waals surface area contributed by atoms with E-state index in [0.717, 1.165) is 33.1 Å². The van der Waals surface area contributed by atoms with Crippen LogP contribution in [0.15, 0.2) is 53.7 Å². The number of benzene rings is 2. The minimum Gasteiger partial charge on any atom is -0.344 e. The molecule has 0 N–H and O–H groups in total. The van der Waals surface area contributed by atoms with Gasteiger partial charge in [0.15, 0.2) is 11.0 Å². The van der Waals surface area contributed by atoms with Crippen LogP contribution >= 0.6 is 35.0 Å². The average molecular weight is 363 g/mol. The van der Waals surface area contributed by atoms with Crippen LogP contribution in [0.5, 0.6) is 0 Å². The highest BCUT2D eigenvalue weighted by Crippen LogP contribution is 2.32. The van der Waals surface area contributed by atoms with Crippen LogP contribution in [-0.4, -0.2) is 20.6 Å². The molecule has 0 spiro atoms. The molecule has 3 aromatic rings. The van der Waals surface area contributed by atoms with Crippen LogP contribution in [0, 0.1) is 0 Å². The largest absolute Gasteiger partial charge is 0.344 e. The van der Waals surface area contributed by atoms with Gasteiger partial charge in [-0.25, -0.2) is 0 Å². The minimum absolute atomic E-state index is 0.703. The van der Waals surface area contributed by atoms with Crippen molar-refractivity contribution >= 4 is 40.7 Å². The number of hydrogen-bond donors (Lipinski definition) is 0. The van der Waals surface area contributed by atoms with Gasteiger partial charge in [-0.1, -0.05) is 35.0 Å². The molecule has 0 saturated heterocycles. The van der Waals surface area contributed by atoms with Crippen molar-refractivity contribution in [3.05, 3.63) is 58.6 Å². The zero-order valence-electron chi connectivity index (χ0n) is 12.0. The van der Waals surface area contributed by atoms with Gasteiger partial charge in [-0.05, 0) is 48.5 Å². The summed E-state index contributed by atoms with van der Waals surface area (Å²) in [7, 11) is 0. The molecule has 0 radical (unpaired) electrons. The second-order valence-electron chi connectivity index (χ2n) is 5.17. The van der Waals surface area contributed by atoms with E-state index < -0.39 is 0 Å². The molecule has 0 atom stereocenters. The molecule has 0 unspecified atom stereocenters. The van der Waals surface area contributed by atoms with Gasteiger partial charge in [0.2, 0.25) is 0 Å². The number of nitrogens with zero attached hydrogens (tertiary/aromatic N) is 4. The predicted octanol–water partition coefficient (Wildman–Crippen LogP) is 4.78. The van der Waals surface area contributed by atoms with Gasteiger partial charge in [0.05, 0.1) is 12.5 Å². The van der Waals surface area contributed by atoms with E-state index in [0.29, 0.717) is 11.7 Å². The normalized spacial score (nSPS) is 13.9. The Morgan fingerprint density at radius 1 is 0.870 bits per heavy atom. The Labute approximate surface area is 148 Å². The molecule has 4 rings (SSSR count). The van der Waals surface area contributed by atoms with E-state index in [1.165, 1.54) is 0 Å². The summed E-state index contributed by atoms with van der Waals surface area (Å²) in [6.07, 6.45) is 0. The second kappa shape index (κ2) is 6.07. The smallest absolute Gasteiger partial charge is 0.194 e. The van der Waals surface area contributed by atoms with Crippen molar-refractivity contribution < 1.29 is 0 Å². The molecule has 2 heterocycles. The highest BCUT2D eigenvalue weighted by molar-refractivity contribution is 7.99. The Morgan fingerprint density at radius 2 is 1.52 bits per heavy atom. The van der Waals surface area contributed by atoms with Crippen LogP contribution < -0.4 is 4.90 Å². The SMILES string of the molecule is Clc1ccc(-c2nnc3n2CN(c2ccc(Cl)cc2)CS3)cc1. The van der Waals surface area contributed by atoms with Crippen LogP contribution in [0.2, 0.25) is 10.0 Å². The number of hydrogen-bond acceptors (Lipinski definition) is 4. The Bertz CT molecular complexity index is 830. The van der Waals surface area contributed by atoms with E-state index >= 15 is 0 Å². The summed E-state index contributed by atoms with van der Waals surface area (Å²) in [5.74, 6) is 1.68. The monoisotopic (exact) mass is 362 g/mol. The molecule has 2 aromatic carbocycles. The third-order valence-corrected chi connectivity index (χ3v) is 5.18. The molecule has 0 amide bonds. The van der Waals surface area contributed by atoms with Crippen molar-refractivity contribution in [3.63, 3.8) is 0 Å². The highest BCUT2D eigenvalue weighted by atomic mass is 35.5. The van der Waals surface area contributed by atoms with Gasteiger partial charge in [-0.15, -0.1) is 10.2 Å². The van der Waals surface area contributed by atoms with Gasteiger partial charge in [0.25, 0.3) is 0 Å². The predicted molar refractivity (Wildman–Crippen MR) is 95.1 cm³/mol. The van der Waals surface area contributed by atoms with Gasteiger partial charge in [0.1, 0.15) is 0 Å². The Hall–Kier alpha value is -1.69. The number of anilines is 1. The lowest BCUT2D eigenvalue weighted by Crippen LogP contribution is -2.30. The fraction of sp³-hybridized carbons (Fsp3) is 0.125. The number of rotatable bonds is 2. The molecule has 116 valence electrons. The Kier molecular flexibility index (Phi) is 3.93. The van der Waals surface area contributed by atoms with Crippen molar-refractivity contribution in [3.8, 4) is 11.4 Å². The molecule has 7 heteroatoms. The van der Waals surface area contributed by atoms with Crippen LogP contribution in [0.4, 0.5) is 5.69 Å². The quantitative estimate of drug-likeness (QED) is 0.656.